The molecule has 2 aromatic heterocycles. The van der Waals surface area contributed by atoms with Gasteiger partial charge in [-0.15, -0.1) is 0 Å². The minimum atomic E-state index is -0.477. The second kappa shape index (κ2) is 7.57. The molecule has 1 fully saturated rings. The molecule has 3 rings (SSSR count). The van der Waals surface area contributed by atoms with E-state index in [0.717, 1.165) is 19.5 Å². The van der Waals surface area contributed by atoms with Crippen molar-refractivity contribution in [3.05, 3.63) is 58.0 Å². The number of carbonyl (C=O) groups excluding carboxylic acids is 1. The van der Waals surface area contributed by atoms with Crippen LogP contribution >= 0.6 is 0 Å². The fraction of sp³-hybridized carbons (Fsp3) is 0.444. The van der Waals surface area contributed by atoms with Gasteiger partial charge in [0.1, 0.15) is 5.69 Å². The van der Waals surface area contributed by atoms with Gasteiger partial charge in [-0.25, -0.2) is 4.79 Å². The van der Waals surface area contributed by atoms with Crippen LogP contribution < -0.4 is 5.69 Å². The monoisotopic (exact) mass is 341 g/mol. The largest absolute Gasteiger partial charge is 0.345 e. The smallest absolute Gasteiger partial charge is 0.337 e. The number of carbonyl (C=O) groups is 1. The predicted molar refractivity (Wildman–Crippen MR) is 94.2 cm³/mol. The van der Waals surface area contributed by atoms with E-state index >= 15 is 0 Å². The van der Waals surface area contributed by atoms with Crippen LogP contribution in [-0.4, -0.2) is 57.3 Å². The Morgan fingerprint density at radius 1 is 1.48 bits per heavy atom. The van der Waals surface area contributed by atoms with Crippen molar-refractivity contribution in [2.45, 2.75) is 19.9 Å². The van der Waals surface area contributed by atoms with Crippen LogP contribution in [0, 0.1) is 12.8 Å². The first-order chi connectivity index (χ1) is 12.0. The highest BCUT2D eigenvalue weighted by atomic mass is 16.2. The van der Waals surface area contributed by atoms with Gasteiger partial charge < -0.3 is 14.8 Å². The molecule has 1 atom stereocenters. The predicted octanol–water partition coefficient (Wildman–Crippen LogP) is 1.07. The van der Waals surface area contributed by atoms with Crippen LogP contribution in [-0.2, 0) is 6.54 Å². The van der Waals surface area contributed by atoms with Gasteiger partial charge in [0.15, 0.2) is 0 Å². The molecule has 3 heterocycles. The van der Waals surface area contributed by atoms with E-state index in [-0.39, 0.29) is 11.6 Å². The molecule has 0 aliphatic carbocycles. The van der Waals surface area contributed by atoms with Crippen molar-refractivity contribution in [3.63, 3.8) is 0 Å². The fourth-order valence-electron chi connectivity index (χ4n) is 3.33. The molecule has 1 N–H and O–H groups in total. The zero-order valence-corrected chi connectivity index (χ0v) is 14.6. The summed E-state index contributed by atoms with van der Waals surface area (Å²) in [6.45, 7) is 4.91. The van der Waals surface area contributed by atoms with Gasteiger partial charge in [0.25, 0.3) is 5.91 Å². The molecule has 7 heteroatoms. The minimum Gasteiger partial charge on any atom is -0.337 e. The van der Waals surface area contributed by atoms with Crippen molar-refractivity contribution in [2.75, 3.05) is 26.7 Å². The molecule has 7 nitrogen and oxygen atoms in total. The second-order valence-corrected chi connectivity index (χ2v) is 6.72. The maximum Gasteiger partial charge on any atom is 0.345 e. The third kappa shape index (κ3) is 4.51. The lowest BCUT2D eigenvalue weighted by Crippen LogP contribution is -2.33. The molecule has 1 saturated heterocycles. The van der Waals surface area contributed by atoms with E-state index in [2.05, 4.69) is 33.0 Å². The Kier molecular flexibility index (Phi) is 5.23. The van der Waals surface area contributed by atoms with Crippen molar-refractivity contribution < 1.29 is 4.79 Å². The molecule has 0 unspecified atom stereocenters. The van der Waals surface area contributed by atoms with Crippen LogP contribution in [0.2, 0.25) is 0 Å². The molecule has 2 aromatic rings. The standard InChI is InChI=1S/C18H23N5O2/c1-13-8-16(21-18(25)20-13)17(24)23-7-5-15(12-23)11-22(2)10-14-4-3-6-19-9-14/h3-4,6,8-9,15H,5,7,10-12H2,1-2H3,(H,20,21,25)/t15-/m0/s1. The molecule has 1 amide bonds. The van der Waals surface area contributed by atoms with E-state index in [1.54, 1.807) is 24.1 Å². The van der Waals surface area contributed by atoms with Gasteiger partial charge in [-0.2, -0.15) is 4.98 Å². The van der Waals surface area contributed by atoms with Crippen molar-refractivity contribution in [3.8, 4) is 0 Å². The number of aryl methyl sites for hydroxylation is 1. The Hall–Kier alpha value is -2.54. The molecule has 0 radical (unpaired) electrons. The molecule has 0 spiro atoms. The normalized spacial score (nSPS) is 17.2. The number of nitrogens with one attached hydrogen (secondary N) is 1. The van der Waals surface area contributed by atoms with Gasteiger partial charge in [-0.05, 0) is 44.0 Å². The van der Waals surface area contributed by atoms with Gasteiger partial charge in [0.05, 0.1) is 0 Å². The SMILES string of the molecule is Cc1cc(C(=O)N2CC[C@@H](CN(C)Cc3cccnc3)C2)nc(=O)[nH]1. The van der Waals surface area contributed by atoms with Gasteiger partial charge >= 0.3 is 5.69 Å². The molecule has 25 heavy (non-hydrogen) atoms. The van der Waals surface area contributed by atoms with Crippen LogP contribution in [0.1, 0.15) is 28.2 Å². The van der Waals surface area contributed by atoms with Crippen molar-refractivity contribution in [2.24, 2.45) is 5.92 Å². The third-order valence-electron chi connectivity index (χ3n) is 4.42. The molecule has 0 saturated carbocycles. The van der Waals surface area contributed by atoms with Gasteiger partial charge in [-0.3, -0.25) is 9.78 Å². The van der Waals surface area contributed by atoms with Crippen molar-refractivity contribution >= 4 is 5.91 Å². The number of hydrogen-bond acceptors (Lipinski definition) is 5. The highest BCUT2D eigenvalue weighted by molar-refractivity contribution is 5.92. The van der Waals surface area contributed by atoms with Crippen molar-refractivity contribution in [1.29, 1.82) is 0 Å². The number of nitrogens with zero attached hydrogens (tertiary/aromatic N) is 4. The summed E-state index contributed by atoms with van der Waals surface area (Å²) in [6.07, 6.45) is 4.61. The first kappa shape index (κ1) is 17.3. The molecule has 1 aliphatic heterocycles. The molecule has 1 aliphatic rings. The Morgan fingerprint density at radius 2 is 2.32 bits per heavy atom. The van der Waals surface area contributed by atoms with E-state index in [9.17, 15) is 9.59 Å². The van der Waals surface area contributed by atoms with E-state index < -0.39 is 5.69 Å². The molecular weight excluding hydrogens is 318 g/mol. The summed E-state index contributed by atoms with van der Waals surface area (Å²) in [5.74, 6) is 0.264. The number of aromatic nitrogens is 3. The summed E-state index contributed by atoms with van der Waals surface area (Å²) in [5.41, 5.74) is 1.58. The lowest BCUT2D eigenvalue weighted by atomic mass is 10.1. The average molecular weight is 341 g/mol. The van der Waals surface area contributed by atoms with Crippen LogP contribution in [0.5, 0.6) is 0 Å². The van der Waals surface area contributed by atoms with Gasteiger partial charge in [-0.1, -0.05) is 6.07 Å². The number of aromatic amines is 1. The van der Waals surface area contributed by atoms with Gasteiger partial charge in [0, 0.05) is 44.3 Å². The molecule has 0 aromatic carbocycles. The number of H-pyrrole nitrogens is 1. The maximum absolute atomic E-state index is 12.6. The van der Waals surface area contributed by atoms with E-state index in [1.807, 2.05) is 12.3 Å². The average Bonchev–Trinajstić information content (AvgIpc) is 3.02. The minimum absolute atomic E-state index is 0.161. The zero-order chi connectivity index (χ0) is 17.8. The summed E-state index contributed by atoms with van der Waals surface area (Å²) in [7, 11) is 2.08. The highest BCUT2D eigenvalue weighted by Crippen LogP contribution is 2.19. The van der Waals surface area contributed by atoms with E-state index in [1.165, 1.54) is 5.56 Å². The number of pyridine rings is 1. The Labute approximate surface area is 146 Å². The number of rotatable bonds is 5. The first-order valence-electron chi connectivity index (χ1n) is 8.46. The van der Waals surface area contributed by atoms with Crippen LogP contribution in [0.4, 0.5) is 0 Å². The first-order valence-corrected chi connectivity index (χ1v) is 8.46. The summed E-state index contributed by atoms with van der Waals surface area (Å²) < 4.78 is 0. The Morgan fingerprint density at radius 3 is 3.04 bits per heavy atom. The lowest BCUT2D eigenvalue weighted by Gasteiger charge is -2.21. The molecular formula is C18H23N5O2. The summed E-state index contributed by atoms with van der Waals surface area (Å²) in [5, 5.41) is 0. The van der Waals surface area contributed by atoms with Crippen LogP contribution in [0.15, 0.2) is 35.4 Å². The molecule has 132 valence electrons. The number of hydrogen-bond donors (Lipinski definition) is 1. The maximum atomic E-state index is 12.6. The van der Waals surface area contributed by atoms with E-state index in [4.69, 9.17) is 0 Å². The van der Waals surface area contributed by atoms with E-state index in [0.29, 0.717) is 24.7 Å². The number of amides is 1. The quantitative estimate of drug-likeness (QED) is 0.880. The Bertz CT molecular complexity index is 790. The summed E-state index contributed by atoms with van der Waals surface area (Å²) in [6, 6.07) is 5.64. The van der Waals surface area contributed by atoms with Gasteiger partial charge in [0.2, 0.25) is 0 Å². The topological polar surface area (TPSA) is 82.2 Å². The van der Waals surface area contributed by atoms with Crippen LogP contribution in [0.25, 0.3) is 0 Å². The molecule has 0 bridgehead atoms. The summed E-state index contributed by atoms with van der Waals surface area (Å²) in [4.78, 5) is 38.6. The highest BCUT2D eigenvalue weighted by Gasteiger charge is 2.28. The third-order valence-corrected chi connectivity index (χ3v) is 4.42. The van der Waals surface area contributed by atoms with Crippen LogP contribution in [0.3, 0.4) is 0 Å². The van der Waals surface area contributed by atoms with Crippen molar-refractivity contribution in [1.82, 2.24) is 24.8 Å². The zero-order valence-electron chi connectivity index (χ0n) is 14.6. The summed E-state index contributed by atoms with van der Waals surface area (Å²) >= 11 is 0. The second-order valence-electron chi connectivity index (χ2n) is 6.72. The number of likely N-dealkylation sites (tertiary alicyclic amines) is 1. The Balaban J connectivity index is 1.56. The lowest BCUT2D eigenvalue weighted by molar-refractivity contribution is 0.0777. The fourth-order valence-corrected chi connectivity index (χ4v) is 3.33.